The maximum absolute atomic E-state index is 12.0. The number of carbonyl (C=O) groups excluding carboxylic acids is 1. The standard InChI is InChI=1S/C15H24ClN3OS/c1-11(2)17-15(20)12(3)19-8-6-18(7-9-19)10-13-4-5-14(16)21-13/h4-5,11-12H,6-10H2,1-3H3,(H,17,20)/t12-/m1/s1. The van der Waals surface area contributed by atoms with Crippen LogP contribution in [0.5, 0.6) is 0 Å². The zero-order chi connectivity index (χ0) is 15.4. The van der Waals surface area contributed by atoms with Crippen molar-refractivity contribution in [3.63, 3.8) is 0 Å². The lowest BCUT2D eigenvalue weighted by atomic mass is 10.2. The highest BCUT2D eigenvalue weighted by atomic mass is 35.5. The van der Waals surface area contributed by atoms with E-state index in [0.29, 0.717) is 0 Å². The van der Waals surface area contributed by atoms with Gasteiger partial charge < -0.3 is 5.32 Å². The second-order valence-electron chi connectivity index (χ2n) is 5.86. The van der Waals surface area contributed by atoms with Crippen LogP contribution in [0.1, 0.15) is 25.6 Å². The molecule has 1 aliphatic rings. The second-order valence-corrected chi connectivity index (χ2v) is 7.66. The number of nitrogens with zero attached hydrogens (tertiary/aromatic N) is 2. The molecule has 4 nitrogen and oxygen atoms in total. The molecule has 0 aliphatic carbocycles. The molecule has 0 radical (unpaired) electrons. The SMILES string of the molecule is CC(C)NC(=O)[C@@H](C)N1CCN(Cc2ccc(Cl)s2)CC1. The molecule has 6 heteroatoms. The fraction of sp³-hybridized carbons (Fsp3) is 0.667. The molecule has 1 atom stereocenters. The normalized spacial score (nSPS) is 18.9. The summed E-state index contributed by atoms with van der Waals surface area (Å²) in [6.45, 7) is 10.8. The third-order valence-electron chi connectivity index (χ3n) is 3.77. The van der Waals surface area contributed by atoms with Gasteiger partial charge >= 0.3 is 0 Å². The minimum Gasteiger partial charge on any atom is -0.353 e. The highest BCUT2D eigenvalue weighted by Gasteiger charge is 2.25. The lowest BCUT2D eigenvalue weighted by Crippen LogP contribution is -2.54. The molecular formula is C15H24ClN3OS. The van der Waals surface area contributed by atoms with Gasteiger partial charge in [-0.05, 0) is 32.9 Å². The van der Waals surface area contributed by atoms with Crippen molar-refractivity contribution in [3.8, 4) is 0 Å². The van der Waals surface area contributed by atoms with E-state index >= 15 is 0 Å². The number of rotatable bonds is 5. The van der Waals surface area contributed by atoms with Gasteiger partial charge in [-0.1, -0.05) is 11.6 Å². The van der Waals surface area contributed by atoms with Crippen molar-refractivity contribution in [2.45, 2.75) is 39.4 Å². The first kappa shape index (κ1) is 16.7. The van der Waals surface area contributed by atoms with Crippen LogP contribution in [-0.2, 0) is 11.3 Å². The Morgan fingerprint density at radius 1 is 1.29 bits per heavy atom. The van der Waals surface area contributed by atoms with Crippen LogP contribution in [0.25, 0.3) is 0 Å². The van der Waals surface area contributed by atoms with E-state index in [-0.39, 0.29) is 18.0 Å². The summed E-state index contributed by atoms with van der Waals surface area (Å²) < 4.78 is 0.850. The molecule has 21 heavy (non-hydrogen) atoms. The van der Waals surface area contributed by atoms with E-state index in [1.165, 1.54) is 4.88 Å². The van der Waals surface area contributed by atoms with Crippen LogP contribution in [0.4, 0.5) is 0 Å². The molecule has 2 rings (SSSR count). The van der Waals surface area contributed by atoms with Gasteiger partial charge in [0, 0.05) is 43.6 Å². The predicted octanol–water partition coefficient (Wildman–Crippen LogP) is 2.43. The zero-order valence-electron chi connectivity index (χ0n) is 12.9. The first-order valence-electron chi connectivity index (χ1n) is 7.46. The Hall–Kier alpha value is -0.620. The first-order valence-corrected chi connectivity index (χ1v) is 8.66. The topological polar surface area (TPSA) is 35.6 Å². The predicted molar refractivity (Wildman–Crippen MR) is 88.9 cm³/mol. The summed E-state index contributed by atoms with van der Waals surface area (Å²) in [6, 6.07) is 4.20. The van der Waals surface area contributed by atoms with Crippen molar-refractivity contribution in [2.75, 3.05) is 26.2 Å². The van der Waals surface area contributed by atoms with Crippen LogP contribution in [0, 0.1) is 0 Å². The number of amides is 1. The summed E-state index contributed by atoms with van der Waals surface area (Å²) in [5.74, 6) is 0.128. The van der Waals surface area contributed by atoms with Crippen molar-refractivity contribution in [1.29, 1.82) is 0 Å². The van der Waals surface area contributed by atoms with Crippen LogP contribution < -0.4 is 5.32 Å². The molecule has 0 aromatic carbocycles. The molecule has 1 aromatic heterocycles. The van der Waals surface area contributed by atoms with Crippen molar-refractivity contribution in [2.24, 2.45) is 0 Å². The number of halogens is 1. The van der Waals surface area contributed by atoms with Crippen LogP contribution in [0.3, 0.4) is 0 Å². The number of nitrogens with one attached hydrogen (secondary N) is 1. The van der Waals surface area contributed by atoms with Gasteiger partial charge in [0.05, 0.1) is 10.4 Å². The Labute approximate surface area is 136 Å². The van der Waals surface area contributed by atoms with Crippen LogP contribution in [0.15, 0.2) is 12.1 Å². The van der Waals surface area contributed by atoms with E-state index in [2.05, 4.69) is 21.2 Å². The molecule has 0 spiro atoms. The summed E-state index contributed by atoms with van der Waals surface area (Å²) in [4.78, 5) is 18.0. The molecule has 0 saturated carbocycles. The van der Waals surface area contributed by atoms with Crippen LogP contribution in [-0.4, -0.2) is 54.0 Å². The zero-order valence-corrected chi connectivity index (χ0v) is 14.5. The minimum absolute atomic E-state index is 0.0502. The first-order chi connectivity index (χ1) is 9.95. The van der Waals surface area contributed by atoms with Gasteiger partial charge in [-0.2, -0.15) is 0 Å². The molecule has 1 aliphatic heterocycles. The molecule has 0 unspecified atom stereocenters. The van der Waals surface area contributed by atoms with E-state index in [1.807, 2.05) is 26.8 Å². The summed E-state index contributed by atoms with van der Waals surface area (Å²) in [7, 11) is 0. The molecule has 1 amide bonds. The molecule has 0 bridgehead atoms. The summed E-state index contributed by atoms with van der Waals surface area (Å²) in [5, 5.41) is 2.99. The van der Waals surface area contributed by atoms with E-state index in [9.17, 15) is 4.79 Å². The molecule has 1 saturated heterocycles. The smallest absolute Gasteiger partial charge is 0.237 e. The Morgan fingerprint density at radius 3 is 2.48 bits per heavy atom. The average molecular weight is 330 g/mol. The van der Waals surface area contributed by atoms with Gasteiger partial charge in [0.25, 0.3) is 0 Å². The van der Waals surface area contributed by atoms with Crippen molar-refractivity contribution < 1.29 is 4.79 Å². The Bertz CT molecular complexity index is 469. The summed E-state index contributed by atoms with van der Waals surface area (Å²) in [5.41, 5.74) is 0. The molecule has 118 valence electrons. The lowest BCUT2D eigenvalue weighted by Gasteiger charge is -2.37. The van der Waals surface area contributed by atoms with Crippen LogP contribution in [0.2, 0.25) is 4.34 Å². The third kappa shape index (κ3) is 4.95. The van der Waals surface area contributed by atoms with Crippen LogP contribution >= 0.6 is 22.9 Å². The number of hydrogen-bond acceptors (Lipinski definition) is 4. The van der Waals surface area contributed by atoms with E-state index < -0.39 is 0 Å². The van der Waals surface area contributed by atoms with E-state index in [0.717, 1.165) is 37.1 Å². The van der Waals surface area contributed by atoms with Gasteiger partial charge in [-0.3, -0.25) is 14.6 Å². The van der Waals surface area contributed by atoms with Gasteiger partial charge in [0.15, 0.2) is 0 Å². The maximum atomic E-state index is 12.0. The quantitative estimate of drug-likeness (QED) is 0.901. The molecular weight excluding hydrogens is 306 g/mol. The van der Waals surface area contributed by atoms with E-state index in [1.54, 1.807) is 11.3 Å². The molecule has 2 heterocycles. The fourth-order valence-electron chi connectivity index (χ4n) is 2.54. The average Bonchev–Trinajstić information content (AvgIpc) is 2.83. The summed E-state index contributed by atoms with van der Waals surface area (Å²) >= 11 is 7.61. The number of thiophene rings is 1. The Kier molecular flexibility index (Phi) is 6.05. The maximum Gasteiger partial charge on any atom is 0.237 e. The number of hydrogen-bond donors (Lipinski definition) is 1. The fourth-order valence-corrected chi connectivity index (χ4v) is 3.67. The van der Waals surface area contributed by atoms with E-state index in [4.69, 9.17) is 11.6 Å². The molecule has 1 aromatic rings. The highest BCUT2D eigenvalue weighted by molar-refractivity contribution is 7.16. The van der Waals surface area contributed by atoms with Gasteiger partial charge in [-0.15, -0.1) is 11.3 Å². The largest absolute Gasteiger partial charge is 0.353 e. The van der Waals surface area contributed by atoms with Crippen molar-refractivity contribution in [3.05, 3.63) is 21.3 Å². The van der Waals surface area contributed by atoms with Crippen molar-refractivity contribution >= 4 is 28.8 Å². The molecule has 1 fully saturated rings. The van der Waals surface area contributed by atoms with Gasteiger partial charge in [0.1, 0.15) is 0 Å². The lowest BCUT2D eigenvalue weighted by molar-refractivity contribution is -0.127. The Morgan fingerprint density at radius 2 is 1.95 bits per heavy atom. The van der Waals surface area contributed by atoms with Gasteiger partial charge in [0.2, 0.25) is 5.91 Å². The summed E-state index contributed by atoms with van der Waals surface area (Å²) in [6.07, 6.45) is 0. The Balaban J connectivity index is 1.78. The molecule has 1 N–H and O–H groups in total. The highest BCUT2D eigenvalue weighted by Crippen LogP contribution is 2.23. The monoisotopic (exact) mass is 329 g/mol. The number of piperazine rings is 1. The minimum atomic E-state index is -0.0502. The second kappa shape index (κ2) is 7.58. The van der Waals surface area contributed by atoms with Gasteiger partial charge in [-0.25, -0.2) is 0 Å². The third-order valence-corrected chi connectivity index (χ3v) is 4.99. The number of carbonyl (C=O) groups is 1. The van der Waals surface area contributed by atoms with Crippen molar-refractivity contribution in [1.82, 2.24) is 15.1 Å².